The normalized spacial score (nSPS) is 17.5. The van der Waals surface area contributed by atoms with Gasteiger partial charge in [0.25, 0.3) is 0 Å². The second-order valence-electron chi connectivity index (χ2n) is 7.11. The first kappa shape index (κ1) is 18.5. The Morgan fingerprint density at radius 3 is 2.69 bits per heavy atom. The molecule has 138 valence electrons. The monoisotopic (exact) mass is 352 g/mol. The summed E-state index contributed by atoms with van der Waals surface area (Å²) in [7, 11) is 5.74. The van der Waals surface area contributed by atoms with Gasteiger partial charge in [-0.2, -0.15) is 0 Å². The Bertz CT molecular complexity index is 757. The average molecular weight is 352 g/mol. The Hall–Kier alpha value is -2.33. The number of methoxy groups -OCH3 is 1. The Kier molecular flexibility index (Phi) is 5.94. The number of nitrogens with one attached hydrogen (secondary N) is 1. The van der Waals surface area contributed by atoms with E-state index in [1.807, 2.05) is 38.4 Å². The van der Waals surface area contributed by atoms with E-state index in [9.17, 15) is 4.79 Å². The Morgan fingerprint density at radius 1 is 1.19 bits per heavy atom. The number of hydrogen-bond acceptors (Lipinski definition) is 3. The fourth-order valence-electron chi connectivity index (χ4n) is 3.86. The van der Waals surface area contributed by atoms with Crippen molar-refractivity contribution in [3.63, 3.8) is 0 Å². The summed E-state index contributed by atoms with van der Waals surface area (Å²) in [5, 5.41) is 3.19. The smallest absolute Gasteiger partial charge is 0.227 e. The molecule has 0 heterocycles. The van der Waals surface area contributed by atoms with Crippen LogP contribution in [0.25, 0.3) is 0 Å². The molecule has 4 heteroatoms. The van der Waals surface area contributed by atoms with Gasteiger partial charge >= 0.3 is 0 Å². The van der Waals surface area contributed by atoms with Gasteiger partial charge in [-0.15, -0.1) is 0 Å². The third-order valence-electron chi connectivity index (χ3n) is 5.28. The zero-order chi connectivity index (χ0) is 18.5. The number of fused-ring (bicyclic) bond motifs is 1. The van der Waals surface area contributed by atoms with Crippen LogP contribution in [0, 0.1) is 0 Å². The number of benzene rings is 2. The van der Waals surface area contributed by atoms with Crippen LogP contribution >= 0.6 is 0 Å². The third-order valence-corrected chi connectivity index (χ3v) is 5.28. The van der Waals surface area contributed by atoms with Crippen LogP contribution in [0.1, 0.15) is 41.5 Å². The lowest BCUT2D eigenvalue weighted by Crippen LogP contribution is -2.38. The van der Waals surface area contributed by atoms with Gasteiger partial charge < -0.3 is 15.0 Å². The molecule has 0 spiro atoms. The summed E-state index contributed by atoms with van der Waals surface area (Å²) in [6, 6.07) is 16.4. The molecule has 0 aromatic heterocycles. The Balaban J connectivity index is 1.73. The number of para-hydroxylation sites is 1. The van der Waals surface area contributed by atoms with Gasteiger partial charge in [0.15, 0.2) is 0 Å². The molecule has 0 saturated heterocycles. The predicted octanol–water partition coefficient (Wildman–Crippen LogP) is 3.53. The summed E-state index contributed by atoms with van der Waals surface area (Å²) >= 11 is 0. The average Bonchev–Trinajstić information content (AvgIpc) is 2.67. The van der Waals surface area contributed by atoms with E-state index in [4.69, 9.17) is 4.74 Å². The molecule has 2 aromatic rings. The molecule has 0 aliphatic heterocycles. The van der Waals surface area contributed by atoms with Gasteiger partial charge in [-0.25, -0.2) is 0 Å². The van der Waals surface area contributed by atoms with Crippen LogP contribution in [0.4, 0.5) is 0 Å². The lowest BCUT2D eigenvalue weighted by molar-refractivity contribution is -0.123. The zero-order valence-electron chi connectivity index (χ0n) is 15.9. The molecular weight excluding hydrogens is 324 g/mol. The van der Waals surface area contributed by atoms with E-state index < -0.39 is 0 Å². The minimum absolute atomic E-state index is 0.0413. The molecule has 0 bridgehead atoms. The molecule has 3 rings (SSSR count). The molecule has 1 amide bonds. The standard InChI is InChI=1S/C22H28N2O2/c1-24(2)20(19-12-6-7-14-21(19)26-3)15-23-22(25)18-13-8-10-16-9-4-5-11-17(16)18/h4-7,9,11-12,14,18,20H,8,10,13,15H2,1-3H3,(H,23,25). The molecule has 1 aliphatic carbocycles. The molecule has 26 heavy (non-hydrogen) atoms. The first-order valence-electron chi connectivity index (χ1n) is 9.26. The molecular formula is C22H28N2O2. The van der Waals surface area contributed by atoms with Gasteiger partial charge in [0.05, 0.1) is 19.1 Å². The lowest BCUT2D eigenvalue weighted by Gasteiger charge is -2.29. The van der Waals surface area contributed by atoms with Gasteiger partial charge in [-0.05, 0) is 50.6 Å². The van der Waals surface area contributed by atoms with Crippen molar-refractivity contribution in [3.8, 4) is 5.75 Å². The van der Waals surface area contributed by atoms with Crippen LogP contribution in [-0.2, 0) is 11.2 Å². The van der Waals surface area contributed by atoms with Crippen LogP contribution in [0.3, 0.4) is 0 Å². The van der Waals surface area contributed by atoms with Crippen molar-refractivity contribution in [2.45, 2.75) is 31.2 Å². The van der Waals surface area contributed by atoms with E-state index in [0.29, 0.717) is 6.54 Å². The first-order valence-corrected chi connectivity index (χ1v) is 9.26. The molecule has 2 unspecified atom stereocenters. The molecule has 2 aromatic carbocycles. The highest BCUT2D eigenvalue weighted by atomic mass is 16.5. The first-order chi connectivity index (χ1) is 12.6. The zero-order valence-corrected chi connectivity index (χ0v) is 15.9. The predicted molar refractivity (Wildman–Crippen MR) is 105 cm³/mol. The molecule has 2 atom stereocenters. The number of amides is 1. The van der Waals surface area contributed by atoms with Crippen molar-refractivity contribution < 1.29 is 9.53 Å². The SMILES string of the molecule is COc1ccccc1C(CNC(=O)C1CCCc2ccccc21)N(C)C. The molecule has 4 nitrogen and oxygen atoms in total. The Morgan fingerprint density at radius 2 is 1.92 bits per heavy atom. The van der Waals surface area contributed by atoms with Crippen molar-refractivity contribution in [1.29, 1.82) is 0 Å². The maximum atomic E-state index is 12.9. The van der Waals surface area contributed by atoms with Crippen LogP contribution in [0.15, 0.2) is 48.5 Å². The number of rotatable bonds is 6. The number of likely N-dealkylation sites (N-methyl/N-ethyl adjacent to an activating group) is 1. The van der Waals surface area contributed by atoms with Crippen LogP contribution in [-0.4, -0.2) is 38.6 Å². The number of carbonyl (C=O) groups is 1. The molecule has 0 saturated carbocycles. The summed E-state index contributed by atoms with van der Waals surface area (Å²) in [6.07, 6.45) is 3.06. The largest absolute Gasteiger partial charge is 0.496 e. The summed E-state index contributed by atoms with van der Waals surface area (Å²) in [4.78, 5) is 15.0. The summed E-state index contributed by atoms with van der Waals surface area (Å²) in [5.41, 5.74) is 3.59. The minimum Gasteiger partial charge on any atom is -0.496 e. The van der Waals surface area contributed by atoms with Gasteiger partial charge in [-0.3, -0.25) is 4.79 Å². The van der Waals surface area contributed by atoms with Gasteiger partial charge in [0.2, 0.25) is 5.91 Å². The van der Waals surface area contributed by atoms with Gasteiger partial charge in [0.1, 0.15) is 5.75 Å². The highest BCUT2D eigenvalue weighted by Gasteiger charge is 2.27. The van der Waals surface area contributed by atoms with E-state index in [-0.39, 0.29) is 17.9 Å². The molecule has 1 N–H and O–H groups in total. The lowest BCUT2D eigenvalue weighted by atomic mass is 9.82. The Labute approximate surface area is 156 Å². The summed E-state index contributed by atoms with van der Waals surface area (Å²) < 4.78 is 5.51. The maximum Gasteiger partial charge on any atom is 0.227 e. The number of aryl methyl sites for hydroxylation is 1. The topological polar surface area (TPSA) is 41.6 Å². The van der Waals surface area contributed by atoms with Crippen LogP contribution < -0.4 is 10.1 Å². The van der Waals surface area contributed by atoms with E-state index in [1.165, 1.54) is 11.1 Å². The minimum atomic E-state index is -0.0413. The number of hydrogen-bond donors (Lipinski definition) is 1. The van der Waals surface area contributed by atoms with Crippen molar-refractivity contribution >= 4 is 5.91 Å². The van der Waals surface area contributed by atoms with E-state index in [2.05, 4.69) is 34.5 Å². The van der Waals surface area contributed by atoms with E-state index in [1.54, 1.807) is 7.11 Å². The third kappa shape index (κ3) is 3.91. The van der Waals surface area contributed by atoms with Gasteiger partial charge in [-0.1, -0.05) is 42.5 Å². The molecule has 0 radical (unpaired) electrons. The number of ether oxygens (including phenoxy) is 1. The van der Waals surface area contributed by atoms with E-state index >= 15 is 0 Å². The highest BCUT2D eigenvalue weighted by molar-refractivity contribution is 5.84. The fourth-order valence-corrected chi connectivity index (χ4v) is 3.86. The van der Waals surface area contributed by atoms with Crippen molar-refractivity contribution in [1.82, 2.24) is 10.2 Å². The van der Waals surface area contributed by atoms with Gasteiger partial charge in [0, 0.05) is 12.1 Å². The fraction of sp³-hybridized carbons (Fsp3) is 0.409. The van der Waals surface area contributed by atoms with Crippen molar-refractivity contribution in [3.05, 3.63) is 65.2 Å². The quantitative estimate of drug-likeness (QED) is 0.865. The maximum absolute atomic E-state index is 12.9. The molecule has 0 fully saturated rings. The van der Waals surface area contributed by atoms with Crippen molar-refractivity contribution in [2.24, 2.45) is 0 Å². The van der Waals surface area contributed by atoms with Crippen LogP contribution in [0.5, 0.6) is 5.75 Å². The van der Waals surface area contributed by atoms with Crippen LogP contribution in [0.2, 0.25) is 0 Å². The summed E-state index contributed by atoms with van der Waals surface area (Å²) in [5.74, 6) is 0.933. The highest BCUT2D eigenvalue weighted by Crippen LogP contribution is 2.32. The number of carbonyl (C=O) groups excluding carboxylic acids is 1. The van der Waals surface area contributed by atoms with Crippen molar-refractivity contribution in [2.75, 3.05) is 27.7 Å². The second kappa shape index (κ2) is 8.37. The molecule has 1 aliphatic rings. The van der Waals surface area contributed by atoms with E-state index in [0.717, 1.165) is 30.6 Å². The number of nitrogens with zero attached hydrogens (tertiary/aromatic N) is 1. The second-order valence-corrected chi connectivity index (χ2v) is 7.11. The summed E-state index contributed by atoms with van der Waals surface area (Å²) in [6.45, 7) is 0.560.